The Morgan fingerprint density at radius 1 is 1.29 bits per heavy atom. The normalized spacial score (nSPS) is 11.4. The summed E-state index contributed by atoms with van der Waals surface area (Å²) in [6.45, 7) is -0.0872. The van der Waals surface area contributed by atoms with Crippen molar-refractivity contribution in [3.05, 3.63) is 57.3 Å². The molecule has 0 amide bonds. The summed E-state index contributed by atoms with van der Waals surface area (Å²) in [6, 6.07) is 8.24. The van der Waals surface area contributed by atoms with E-state index in [9.17, 15) is 12.8 Å². The lowest BCUT2D eigenvalue weighted by atomic mass is 10.2. The predicted molar refractivity (Wildman–Crippen MR) is 84.3 cm³/mol. The van der Waals surface area contributed by atoms with Crippen LogP contribution in [-0.2, 0) is 16.6 Å². The monoisotopic (exact) mass is 392 g/mol. The van der Waals surface area contributed by atoms with E-state index in [2.05, 4.69) is 20.7 Å². The average molecular weight is 394 g/mol. The van der Waals surface area contributed by atoms with Crippen LogP contribution in [0.5, 0.6) is 0 Å². The highest BCUT2D eigenvalue weighted by atomic mass is 79.9. The summed E-state index contributed by atoms with van der Waals surface area (Å²) in [5, 5.41) is 0.372. The summed E-state index contributed by atoms with van der Waals surface area (Å²) in [7, 11) is -3.86. The highest BCUT2D eigenvalue weighted by Gasteiger charge is 2.18. The maximum absolute atomic E-state index is 13.4. The Hall–Kier alpha value is -1.15. The fraction of sp³-hybridized carbons (Fsp3) is 0.0769. The second-order valence-electron chi connectivity index (χ2n) is 4.16. The Bertz CT molecular complexity index is 784. The van der Waals surface area contributed by atoms with Crippen LogP contribution < -0.4 is 10.5 Å². The quantitative estimate of drug-likeness (QED) is 0.835. The molecule has 0 spiro atoms. The molecule has 0 aromatic heterocycles. The standard InChI is InChI=1S/C13H11BrClFN2O2S/c14-13-10(15)2-1-3-12(13)18-21(19,20)9-4-5-11(16)8(6-9)7-17/h1-6,18H,7,17H2. The van der Waals surface area contributed by atoms with Gasteiger partial charge < -0.3 is 5.73 Å². The first kappa shape index (κ1) is 16.2. The number of halogens is 3. The number of anilines is 1. The van der Waals surface area contributed by atoms with Crippen LogP contribution in [0, 0.1) is 5.82 Å². The summed E-state index contributed by atoms with van der Waals surface area (Å²) in [5.41, 5.74) is 5.80. The molecule has 0 atom stereocenters. The SMILES string of the molecule is NCc1cc(S(=O)(=O)Nc2cccc(Cl)c2Br)ccc1F. The topological polar surface area (TPSA) is 72.2 Å². The third-order valence-corrected chi connectivity index (χ3v) is 5.50. The van der Waals surface area contributed by atoms with E-state index < -0.39 is 15.8 Å². The summed E-state index contributed by atoms with van der Waals surface area (Å²) in [4.78, 5) is -0.0729. The smallest absolute Gasteiger partial charge is 0.261 e. The highest BCUT2D eigenvalue weighted by Crippen LogP contribution is 2.31. The molecule has 0 aliphatic heterocycles. The summed E-state index contributed by atoms with van der Waals surface area (Å²) in [6.07, 6.45) is 0. The zero-order chi connectivity index (χ0) is 15.6. The Kier molecular flexibility index (Phi) is 4.88. The van der Waals surface area contributed by atoms with Gasteiger partial charge in [0.2, 0.25) is 0 Å². The molecular formula is C13H11BrClFN2O2S. The summed E-state index contributed by atoms with van der Waals surface area (Å²) in [5.74, 6) is -0.541. The van der Waals surface area contributed by atoms with Crippen molar-refractivity contribution in [2.45, 2.75) is 11.4 Å². The predicted octanol–water partition coefficient (Wildman–Crippen LogP) is 3.50. The molecule has 0 aliphatic rings. The van der Waals surface area contributed by atoms with Crippen molar-refractivity contribution in [3.63, 3.8) is 0 Å². The maximum atomic E-state index is 13.4. The molecule has 0 saturated heterocycles. The lowest BCUT2D eigenvalue weighted by Crippen LogP contribution is -2.14. The van der Waals surface area contributed by atoms with E-state index in [4.69, 9.17) is 17.3 Å². The minimum absolute atomic E-state index is 0.0729. The molecule has 0 fully saturated rings. The van der Waals surface area contributed by atoms with Crippen LogP contribution >= 0.6 is 27.5 Å². The molecule has 0 heterocycles. The van der Waals surface area contributed by atoms with E-state index in [1.807, 2.05) is 0 Å². The number of nitrogens with one attached hydrogen (secondary N) is 1. The van der Waals surface area contributed by atoms with E-state index in [1.165, 1.54) is 12.1 Å². The third kappa shape index (κ3) is 3.55. The molecule has 2 aromatic carbocycles. The zero-order valence-electron chi connectivity index (χ0n) is 10.6. The molecular weight excluding hydrogens is 383 g/mol. The minimum atomic E-state index is -3.86. The number of hydrogen-bond acceptors (Lipinski definition) is 3. The van der Waals surface area contributed by atoms with Crippen molar-refractivity contribution in [2.24, 2.45) is 5.73 Å². The van der Waals surface area contributed by atoms with E-state index in [-0.39, 0.29) is 17.0 Å². The van der Waals surface area contributed by atoms with Gasteiger partial charge in [-0.15, -0.1) is 0 Å². The molecule has 8 heteroatoms. The molecule has 0 saturated carbocycles. The van der Waals surface area contributed by atoms with Crippen molar-refractivity contribution in [1.82, 2.24) is 0 Å². The second-order valence-corrected chi connectivity index (χ2v) is 7.05. The molecule has 4 nitrogen and oxygen atoms in total. The van der Waals surface area contributed by atoms with Crippen LogP contribution in [0.3, 0.4) is 0 Å². The van der Waals surface area contributed by atoms with Crippen molar-refractivity contribution in [1.29, 1.82) is 0 Å². The van der Waals surface area contributed by atoms with E-state index in [1.54, 1.807) is 18.2 Å². The zero-order valence-corrected chi connectivity index (χ0v) is 13.8. The van der Waals surface area contributed by atoms with E-state index in [0.29, 0.717) is 15.2 Å². The van der Waals surface area contributed by atoms with Crippen molar-refractivity contribution >= 4 is 43.2 Å². The molecule has 0 bridgehead atoms. The lowest BCUT2D eigenvalue weighted by Gasteiger charge is -2.11. The number of hydrogen-bond donors (Lipinski definition) is 2. The van der Waals surface area contributed by atoms with Crippen molar-refractivity contribution in [3.8, 4) is 0 Å². The molecule has 112 valence electrons. The van der Waals surface area contributed by atoms with Crippen LogP contribution in [0.2, 0.25) is 5.02 Å². The average Bonchev–Trinajstić information content (AvgIpc) is 2.44. The molecule has 3 N–H and O–H groups in total. The van der Waals surface area contributed by atoms with Crippen LogP contribution in [0.15, 0.2) is 45.8 Å². The van der Waals surface area contributed by atoms with Gasteiger partial charge >= 0.3 is 0 Å². The van der Waals surface area contributed by atoms with Gasteiger partial charge in [-0.25, -0.2) is 12.8 Å². The van der Waals surface area contributed by atoms with Crippen LogP contribution in [0.1, 0.15) is 5.56 Å². The van der Waals surface area contributed by atoms with Gasteiger partial charge in [0.1, 0.15) is 5.82 Å². The Balaban J connectivity index is 2.41. The van der Waals surface area contributed by atoms with Gasteiger partial charge in [-0.2, -0.15) is 0 Å². The first-order valence-electron chi connectivity index (χ1n) is 5.80. The molecule has 0 radical (unpaired) electrons. The van der Waals surface area contributed by atoms with Gasteiger partial charge in [-0.3, -0.25) is 4.72 Å². The number of rotatable bonds is 4. The van der Waals surface area contributed by atoms with E-state index in [0.717, 1.165) is 6.07 Å². The molecule has 2 rings (SSSR count). The number of sulfonamides is 1. The van der Waals surface area contributed by atoms with Crippen LogP contribution in [0.4, 0.5) is 10.1 Å². The summed E-state index contributed by atoms with van der Waals surface area (Å²) >= 11 is 9.12. The Morgan fingerprint density at radius 3 is 2.67 bits per heavy atom. The second kappa shape index (κ2) is 6.31. The number of benzene rings is 2. The molecule has 0 unspecified atom stereocenters. The van der Waals surface area contributed by atoms with Crippen LogP contribution in [0.25, 0.3) is 0 Å². The van der Waals surface area contributed by atoms with Crippen LogP contribution in [-0.4, -0.2) is 8.42 Å². The molecule has 0 aliphatic carbocycles. The fourth-order valence-corrected chi connectivity index (χ4v) is 3.45. The van der Waals surface area contributed by atoms with Gasteiger partial charge in [-0.1, -0.05) is 17.7 Å². The van der Waals surface area contributed by atoms with Crippen molar-refractivity contribution in [2.75, 3.05) is 4.72 Å². The van der Waals surface area contributed by atoms with E-state index >= 15 is 0 Å². The highest BCUT2D eigenvalue weighted by molar-refractivity contribution is 9.10. The van der Waals surface area contributed by atoms with Gasteiger partial charge in [-0.05, 0) is 46.3 Å². The minimum Gasteiger partial charge on any atom is -0.326 e. The largest absolute Gasteiger partial charge is 0.326 e. The first-order chi connectivity index (χ1) is 9.85. The maximum Gasteiger partial charge on any atom is 0.261 e. The van der Waals surface area contributed by atoms with Gasteiger partial charge in [0, 0.05) is 12.1 Å². The lowest BCUT2D eigenvalue weighted by molar-refractivity contribution is 0.596. The van der Waals surface area contributed by atoms with Gasteiger partial charge in [0.05, 0.1) is 20.1 Å². The van der Waals surface area contributed by atoms with Gasteiger partial charge in [0.25, 0.3) is 10.0 Å². The van der Waals surface area contributed by atoms with Gasteiger partial charge in [0.15, 0.2) is 0 Å². The molecule has 2 aromatic rings. The number of nitrogens with two attached hydrogens (primary N) is 1. The summed E-state index contributed by atoms with van der Waals surface area (Å²) < 4.78 is 40.8. The fourth-order valence-electron chi connectivity index (χ4n) is 1.66. The first-order valence-corrected chi connectivity index (χ1v) is 8.46. The Labute approximate surface area is 135 Å². The van der Waals surface area contributed by atoms with Crippen molar-refractivity contribution < 1.29 is 12.8 Å². The Morgan fingerprint density at radius 2 is 2.00 bits per heavy atom. The molecule has 21 heavy (non-hydrogen) atoms. The third-order valence-electron chi connectivity index (χ3n) is 2.74.